The molecule has 2 saturated heterocycles. The molecule has 0 aromatic heterocycles. The standard InChI is InChI=1S/C24H27F2NO4/c1-16-12-17(4-9-20(16)29-14-23(2,3)26)22(28)27-11-10-24(21(13-27)30-15-31-24)18-5-7-19(25)8-6-18/h4-9,12,21H,10-11,13-15H2,1-3H3/t21-,24-/m0/s1. The number of fused-ring (bicyclic) bond motifs is 1. The van der Waals surface area contributed by atoms with E-state index in [0.29, 0.717) is 30.8 Å². The normalized spacial score (nSPS) is 23.5. The van der Waals surface area contributed by atoms with Crippen LogP contribution in [0, 0.1) is 12.7 Å². The summed E-state index contributed by atoms with van der Waals surface area (Å²) < 4.78 is 44.4. The van der Waals surface area contributed by atoms with Gasteiger partial charge in [-0.3, -0.25) is 4.79 Å². The first-order chi connectivity index (χ1) is 14.7. The van der Waals surface area contributed by atoms with E-state index < -0.39 is 11.3 Å². The molecule has 31 heavy (non-hydrogen) atoms. The maximum absolute atomic E-state index is 13.7. The first-order valence-electron chi connectivity index (χ1n) is 10.4. The molecule has 2 heterocycles. The molecule has 0 N–H and O–H groups in total. The van der Waals surface area contributed by atoms with Gasteiger partial charge >= 0.3 is 0 Å². The number of alkyl halides is 1. The summed E-state index contributed by atoms with van der Waals surface area (Å²) in [6.07, 6.45) is 0.229. The average molecular weight is 431 g/mol. The topological polar surface area (TPSA) is 48.0 Å². The SMILES string of the molecule is Cc1cc(C(=O)N2CC[C@@]3(c4ccc(F)cc4)OCO[C@H]3C2)ccc1OCC(C)(C)F. The zero-order valence-corrected chi connectivity index (χ0v) is 18.0. The lowest BCUT2D eigenvalue weighted by Crippen LogP contribution is -2.53. The van der Waals surface area contributed by atoms with Crippen LogP contribution in [0.3, 0.4) is 0 Å². The Balaban J connectivity index is 1.47. The van der Waals surface area contributed by atoms with Gasteiger partial charge in [0.1, 0.15) is 42.3 Å². The summed E-state index contributed by atoms with van der Waals surface area (Å²) in [5.74, 6) is 0.147. The number of likely N-dealkylation sites (tertiary alicyclic amines) is 1. The highest BCUT2D eigenvalue weighted by Crippen LogP contribution is 2.42. The summed E-state index contributed by atoms with van der Waals surface area (Å²) in [7, 11) is 0. The highest BCUT2D eigenvalue weighted by molar-refractivity contribution is 5.94. The van der Waals surface area contributed by atoms with Gasteiger partial charge in [-0.15, -0.1) is 0 Å². The molecule has 2 atom stereocenters. The third-order valence-corrected chi connectivity index (χ3v) is 5.86. The Bertz CT molecular complexity index is 957. The molecule has 0 spiro atoms. The summed E-state index contributed by atoms with van der Waals surface area (Å²) in [5.41, 5.74) is 0.0641. The predicted molar refractivity (Wildman–Crippen MR) is 111 cm³/mol. The van der Waals surface area contributed by atoms with Gasteiger partial charge in [0.05, 0.1) is 6.54 Å². The highest BCUT2D eigenvalue weighted by atomic mass is 19.1. The molecule has 0 bridgehead atoms. The lowest BCUT2D eigenvalue weighted by atomic mass is 9.82. The van der Waals surface area contributed by atoms with Crippen molar-refractivity contribution in [3.05, 3.63) is 65.0 Å². The second-order valence-corrected chi connectivity index (χ2v) is 8.80. The zero-order valence-electron chi connectivity index (χ0n) is 18.0. The van der Waals surface area contributed by atoms with Crippen molar-refractivity contribution < 1.29 is 27.8 Å². The monoisotopic (exact) mass is 431 g/mol. The molecule has 0 unspecified atom stereocenters. The van der Waals surface area contributed by atoms with E-state index in [2.05, 4.69) is 0 Å². The van der Waals surface area contributed by atoms with Crippen LogP contribution in [0.25, 0.3) is 0 Å². The predicted octanol–water partition coefficient (Wildman–Crippen LogP) is 4.38. The van der Waals surface area contributed by atoms with Crippen LogP contribution in [-0.4, -0.2) is 49.1 Å². The van der Waals surface area contributed by atoms with Crippen LogP contribution in [0.2, 0.25) is 0 Å². The minimum absolute atomic E-state index is 0.0578. The molecular weight excluding hydrogens is 404 g/mol. The van der Waals surface area contributed by atoms with Crippen LogP contribution in [0.15, 0.2) is 42.5 Å². The van der Waals surface area contributed by atoms with Gasteiger partial charge < -0.3 is 19.1 Å². The minimum Gasteiger partial charge on any atom is -0.490 e. The van der Waals surface area contributed by atoms with E-state index in [0.717, 1.165) is 11.1 Å². The summed E-state index contributed by atoms with van der Waals surface area (Å²) in [4.78, 5) is 14.9. The van der Waals surface area contributed by atoms with Crippen molar-refractivity contribution >= 4 is 5.91 Å². The van der Waals surface area contributed by atoms with Crippen molar-refractivity contribution in [2.24, 2.45) is 0 Å². The molecule has 0 saturated carbocycles. The molecule has 2 aliphatic rings. The number of nitrogens with zero attached hydrogens (tertiary/aromatic N) is 1. The number of piperidine rings is 1. The number of ether oxygens (including phenoxy) is 3. The lowest BCUT2D eigenvalue weighted by molar-refractivity contribution is -0.0439. The van der Waals surface area contributed by atoms with Gasteiger partial charge in [-0.05, 0) is 62.2 Å². The van der Waals surface area contributed by atoms with E-state index in [9.17, 15) is 13.6 Å². The average Bonchev–Trinajstić information content (AvgIpc) is 3.16. The Hall–Kier alpha value is -2.51. The number of carbonyl (C=O) groups is 1. The highest BCUT2D eigenvalue weighted by Gasteiger charge is 2.51. The van der Waals surface area contributed by atoms with Crippen LogP contribution < -0.4 is 4.74 Å². The molecule has 7 heteroatoms. The number of amides is 1. The molecular formula is C24H27F2NO4. The maximum Gasteiger partial charge on any atom is 0.253 e. The zero-order chi connectivity index (χ0) is 22.2. The molecule has 0 aliphatic carbocycles. The van der Waals surface area contributed by atoms with Crippen molar-refractivity contribution in [3.63, 3.8) is 0 Å². The van der Waals surface area contributed by atoms with E-state index in [1.165, 1.54) is 26.0 Å². The molecule has 4 rings (SSSR count). The molecule has 5 nitrogen and oxygen atoms in total. The fourth-order valence-corrected chi connectivity index (χ4v) is 4.18. The smallest absolute Gasteiger partial charge is 0.253 e. The Labute approximate surface area is 180 Å². The number of hydrogen-bond donors (Lipinski definition) is 0. The van der Waals surface area contributed by atoms with E-state index in [4.69, 9.17) is 14.2 Å². The van der Waals surface area contributed by atoms with Gasteiger partial charge in [0.15, 0.2) is 0 Å². The maximum atomic E-state index is 13.7. The fourth-order valence-electron chi connectivity index (χ4n) is 4.18. The summed E-state index contributed by atoms with van der Waals surface area (Å²) >= 11 is 0. The second kappa shape index (κ2) is 8.20. The van der Waals surface area contributed by atoms with E-state index >= 15 is 0 Å². The van der Waals surface area contributed by atoms with Crippen LogP contribution >= 0.6 is 0 Å². The van der Waals surface area contributed by atoms with E-state index in [1.807, 2.05) is 6.92 Å². The van der Waals surface area contributed by atoms with Gasteiger partial charge in [0, 0.05) is 18.5 Å². The van der Waals surface area contributed by atoms with Crippen molar-refractivity contribution in [1.29, 1.82) is 0 Å². The minimum atomic E-state index is -1.44. The molecule has 166 valence electrons. The molecule has 2 aromatic carbocycles. The number of aryl methyl sites for hydroxylation is 1. The van der Waals surface area contributed by atoms with Gasteiger partial charge in [0.2, 0.25) is 0 Å². The van der Waals surface area contributed by atoms with E-state index in [-0.39, 0.29) is 31.2 Å². The Kier molecular flexibility index (Phi) is 5.75. The summed E-state index contributed by atoms with van der Waals surface area (Å²) in [5, 5.41) is 0. The first kappa shape index (κ1) is 21.7. The van der Waals surface area contributed by atoms with Crippen LogP contribution in [0.5, 0.6) is 5.75 Å². The molecule has 2 aliphatic heterocycles. The Morgan fingerprint density at radius 2 is 2.00 bits per heavy atom. The number of rotatable bonds is 5. The molecule has 2 aromatic rings. The van der Waals surface area contributed by atoms with Gasteiger partial charge in [-0.2, -0.15) is 0 Å². The number of hydrogen-bond acceptors (Lipinski definition) is 4. The van der Waals surface area contributed by atoms with Gasteiger partial charge in [0.25, 0.3) is 5.91 Å². The number of halogens is 2. The largest absolute Gasteiger partial charge is 0.490 e. The third kappa shape index (κ3) is 4.43. The van der Waals surface area contributed by atoms with Crippen LogP contribution in [-0.2, 0) is 15.1 Å². The number of benzene rings is 2. The molecule has 2 fully saturated rings. The van der Waals surface area contributed by atoms with E-state index in [1.54, 1.807) is 35.2 Å². The quantitative estimate of drug-likeness (QED) is 0.705. The second-order valence-electron chi connectivity index (χ2n) is 8.80. The van der Waals surface area contributed by atoms with Crippen molar-refractivity contribution in [2.45, 2.75) is 44.6 Å². The van der Waals surface area contributed by atoms with Gasteiger partial charge in [-0.1, -0.05) is 12.1 Å². The Morgan fingerprint density at radius 3 is 2.68 bits per heavy atom. The van der Waals surface area contributed by atoms with Crippen molar-refractivity contribution in [3.8, 4) is 5.75 Å². The third-order valence-electron chi connectivity index (χ3n) is 5.86. The summed E-state index contributed by atoms with van der Waals surface area (Å²) in [6, 6.07) is 11.4. The number of carbonyl (C=O) groups excluding carboxylic acids is 1. The van der Waals surface area contributed by atoms with Crippen LogP contribution in [0.4, 0.5) is 8.78 Å². The fraction of sp³-hybridized carbons (Fsp3) is 0.458. The summed E-state index contributed by atoms with van der Waals surface area (Å²) in [6.45, 7) is 5.70. The molecule has 0 radical (unpaired) electrons. The van der Waals surface area contributed by atoms with Crippen molar-refractivity contribution in [1.82, 2.24) is 4.90 Å². The van der Waals surface area contributed by atoms with Gasteiger partial charge in [-0.25, -0.2) is 8.78 Å². The lowest BCUT2D eigenvalue weighted by Gasteiger charge is -2.42. The molecule has 1 amide bonds. The van der Waals surface area contributed by atoms with Crippen molar-refractivity contribution in [2.75, 3.05) is 26.5 Å². The first-order valence-corrected chi connectivity index (χ1v) is 10.4. The Morgan fingerprint density at radius 1 is 1.26 bits per heavy atom. The van der Waals surface area contributed by atoms with Crippen LogP contribution in [0.1, 0.15) is 41.8 Å².